The number of nitrogens with zero attached hydrogens (tertiary/aromatic N) is 3. The number of rotatable bonds is 5. The van der Waals surface area contributed by atoms with E-state index in [-0.39, 0.29) is 11.2 Å². The Balaban J connectivity index is 1.64. The second kappa shape index (κ2) is 7.80. The van der Waals surface area contributed by atoms with E-state index in [0.717, 1.165) is 22.8 Å². The molecule has 1 amide bonds. The Labute approximate surface area is 161 Å². The van der Waals surface area contributed by atoms with Crippen molar-refractivity contribution in [3.05, 3.63) is 72.2 Å². The third kappa shape index (κ3) is 3.66. The van der Waals surface area contributed by atoms with Gasteiger partial charge in [-0.2, -0.15) is 5.10 Å². The number of furan rings is 1. The van der Waals surface area contributed by atoms with E-state index < -0.39 is 0 Å². The van der Waals surface area contributed by atoms with Crippen molar-refractivity contribution < 1.29 is 9.21 Å². The van der Waals surface area contributed by atoms with Gasteiger partial charge in [0.1, 0.15) is 5.76 Å². The van der Waals surface area contributed by atoms with Gasteiger partial charge in [-0.1, -0.05) is 61.2 Å². The number of amidine groups is 1. The molecule has 4 rings (SSSR count). The molecule has 0 spiro atoms. The molecule has 5 nitrogen and oxygen atoms in total. The molecule has 0 aliphatic carbocycles. The Kier molecular flexibility index (Phi) is 5.07. The lowest BCUT2D eigenvalue weighted by molar-refractivity contribution is -0.126. The first kappa shape index (κ1) is 17.5. The number of hydrogen-bond donors (Lipinski definition) is 0. The van der Waals surface area contributed by atoms with Crippen molar-refractivity contribution in [3.63, 3.8) is 0 Å². The monoisotopic (exact) mass is 377 g/mol. The fourth-order valence-electron chi connectivity index (χ4n) is 3.09. The van der Waals surface area contributed by atoms with Crippen LogP contribution in [0.3, 0.4) is 0 Å². The van der Waals surface area contributed by atoms with E-state index in [1.165, 1.54) is 11.8 Å². The molecular weight excluding hydrogens is 358 g/mol. The standard InChI is InChI=1S/C21H19N3O2S/c1-2-19-20(25)24(21(27-19)23-22-13-17-10-6-12-26-17)14-16-9-5-8-15-7-3-4-11-18(15)16/h3-13,19H,2,14H2,1H3/b22-13-,23-21-/t19-/m0/s1. The fourth-order valence-corrected chi connectivity index (χ4v) is 4.12. The van der Waals surface area contributed by atoms with Crippen LogP contribution in [0.15, 0.2) is 75.5 Å². The van der Waals surface area contributed by atoms with E-state index in [2.05, 4.69) is 34.5 Å². The van der Waals surface area contributed by atoms with Crippen LogP contribution in [0.4, 0.5) is 0 Å². The quantitative estimate of drug-likeness (QED) is 0.479. The van der Waals surface area contributed by atoms with Crippen LogP contribution in [0, 0.1) is 0 Å². The lowest BCUT2D eigenvalue weighted by Crippen LogP contribution is -2.31. The molecule has 1 saturated heterocycles. The Morgan fingerprint density at radius 3 is 2.81 bits per heavy atom. The second-order valence-corrected chi connectivity index (χ2v) is 7.39. The first-order valence-corrected chi connectivity index (χ1v) is 9.73. The molecule has 0 bridgehead atoms. The Morgan fingerprint density at radius 1 is 1.15 bits per heavy atom. The summed E-state index contributed by atoms with van der Waals surface area (Å²) in [6, 6.07) is 18.0. The Bertz CT molecular complexity index is 1010. The summed E-state index contributed by atoms with van der Waals surface area (Å²) in [5, 5.41) is 11.2. The number of carbonyl (C=O) groups excluding carboxylic acids is 1. The average molecular weight is 377 g/mol. The number of amides is 1. The normalized spacial score (nSPS) is 19.0. The molecule has 1 aromatic heterocycles. The van der Waals surface area contributed by atoms with Crippen molar-refractivity contribution in [3.8, 4) is 0 Å². The predicted octanol–water partition coefficient (Wildman–Crippen LogP) is 4.68. The van der Waals surface area contributed by atoms with Gasteiger partial charge in [0, 0.05) is 0 Å². The lowest BCUT2D eigenvalue weighted by atomic mass is 10.0. The number of fused-ring (bicyclic) bond motifs is 1. The fraction of sp³-hybridized carbons (Fsp3) is 0.190. The van der Waals surface area contributed by atoms with Crippen molar-refractivity contribution in [2.75, 3.05) is 0 Å². The third-order valence-corrected chi connectivity index (χ3v) is 5.80. The van der Waals surface area contributed by atoms with Gasteiger partial charge < -0.3 is 4.42 Å². The van der Waals surface area contributed by atoms with Gasteiger partial charge >= 0.3 is 0 Å². The topological polar surface area (TPSA) is 58.2 Å². The highest BCUT2D eigenvalue weighted by atomic mass is 32.2. The van der Waals surface area contributed by atoms with Gasteiger partial charge in [0.2, 0.25) is 5.91 Å². The minimum Gasteiger partial charge on any atom is -0.463 e. The first-order chi connectivity index (χ1) is 13.3. The molecular formula is C21H19N3O2S. The van der Waals surface area contributed by atoms with Crippen LogP contribution in [-0.4, -0.2) is 27.4 Å². The SMILES string of the molecule is CC[C@@H]1S/C(=N\N=C/c2ccco2)N(Cc2cccc3ccccc23)C1=O. The van der Waals surface area contributed by atoms with Crippen LogP contribution < -0.4 is 0 Å². The second-order valence-electron chi connectivity index (χ2n) is 6.22. The van der Waals surface area contributed by atoms with E-state index in [0.29, 0.717) is 17.5 Å². The zero-order chi connectivity index (χ0) is 18.6. The van der Waals surface area contributed by atoms with Crippen LogP contribution in [0.2, 0.25) is 0 Å². The smallest absolute Gasteiger partial charge is 0.242 e. The molecule has 0 saturated carbocycles. The van der Waals surface area contributed by atoms with Gasteiger partial charge in [-0.25, -0.2) is 0 Å². The van der Waals surface area contributed by atoms with Gasteiger partial charge in [0.25, 0.3) is 0 Å². The summed E-state index contributed by atoms with van der Waals surface area (Å²) in [6.07, 6.45) is 3.89. The summed E-state index contributed by atoms with van der Waals surface area (Å²) in [7, 11) is 0. The van der Waals surface area contributed by atoms with Crippen LogP contribution in [-0.2, 0) is 11.3 Å². The number of carbonyl (C=O) groups is 1. The summed E-state index contributed by atoms with van der Waals surface area (Å²) < 4.78 is 5.23. The highest BCUT2D eigenvalue weighted by Gasteiger charge is 2.37. The lowest BCUT2D eigenvalue weighted by Gasteiger charge is -2.17. The third-order valence-electron chi connectivity index (χ3n) is 4.47. The number of benzene rings is 2. The van der Waals surface area contributed by atoms with Crippen LogP contribution in [0.5, 0.6) is 0 Å². The molecule has 1 aliphatic heterocycles. The molecule has 0 N–H and O–H groups in total. The molecule has 1 aliphatic rings. The summed E-state index contributed by atoms with van der Waals surface area (Å²) in [5.41, 5.74) is 1.10. The predicted molar refractivity (Wildman–Crippen MR) is 110 cm³/mol. The largest absolute Gasteiger partial charge is 0.463 e. The summed E-state index contributed by atoms with van der Waals surface area (Å²) in [5.74, 6) is 0.712. The molecule has 1 atom stereocenters. The zero-order valence-corrected chi connectivity index (χ0v) is 15.7. The number of thioether (sulfide) groups is 1. The van der Waals surface area contributed by atoms with E-state index in [9.17, 15) is 4.79 Å². The minimum atomic E-state index is -0.113. The average Bonchev–Trinajstić information content (AvgIpc) is 3.31. The zero-order valence-electron chi connectivity index (χ0n) is 14.9. The summed E-state index contributed by atoms with van der Waals surface area (Å²) in [6.45, 7) is 2.50. The van der Waals surface area contributed by atoms with Crippen molar-refractivity contribution in [1.82, 2.24) is 4.90 Å². The van der Waals surface area contributed by atoms with Gasteiger partial charge in [-0.05, 0) is 34.9 Å². The molecule has 6 heteroatoms. The Morgan fingerprint density at radius 2 is 2.00 bits per heavy atom. The first-order valence-electron chi connectivity index (χ1n) is 8.85. The van der Waals surface area contributed by atoms with Crippen LogP contribution >= 0.6 is 11.8 Å². The molecule has 0 unspecified atom stereocenters. The number of hydrogen-bond acceptors (Lipinski definition) is 5. The van der Waals surface area contributed by atoms with Gasteiger partial charge in [0.15, 0.2) is 5.17 Å². The maximum absolute atomic E-state index is 12.8. The molecule has 0 radical (unpaired) electrons. The van der Waals surface area contributed by atoms with Crippen molar-refractivity contribution >= 4 is 39.8 Å². The van der Waals surface area contributed by atoms with E-state index in [1.807, 2.05) is 25.1 Å². The maximum Gasteiger partial charge on any atom is 0.242 e. The molecule has 1 fully saturated rings. The molecule has 3 aromatic rings. The highest BCUT2D eigenvalue weighted by Crippen LogP contribution is 2.32. The van der Waals surface area contributed by atoms with E-state index in [1.54, 1.807) is 29.5 Å². The minimum absolute atomic E-state index is 0.0855. The van der Waals surface area contributed by atoms with Crippen molar-refractivity contribution in [1.29, 1.82) is 0 Å². The molecule has 27 heavy (non-hydrogen) atoms. The molecule has 2 heterocycles. The van der Waals surface area contributed by atoms with E-state index >= 15 is 0 Å². The molecule has 136 valence electrons. The maximum atomic E-state index is 12.8. The van der Waals surface area contributed by atoms with Crippen LogP contribution in [0.25, 0.3) is 10.8 Å². The Hall–Kier alpha value is -2.86. The summed E-state index contributed by atoms with van der Waals surface area (Å²) in [4.78, 5) is 14.6. The van der Waals surface area contributed by atoms with Crippen molar-refractivity contribution in [2.24, 2.45) is 10.2 Å². The van der Waals surface area contributed by atoms with E-state index in [4.69, 9.17) is 4.42 Å². The van der Waals surface area contributed by atoms with Crippen LogP contribution in [0.1, 0.15) is 24.7 Å². The van der Waals surface area contributed by atoms with Gasteiger partial charge in [-0.15, -0.1) is 5.10 Å². The molecule has 2 aromatic carbocycles. The van der Waals surface area contributed by atoms with Gasteiger partial charge in [0.05, 0.1) is 24.3 Å². The summed E-state index contributed by atoms with van der Waals surface area (Å²) >= 11 is 1.47. The highest BCUT2D eigenvalue weighted by molar-refractivity contribution is 8.15. The van der Waals surface area contributed by atoms with Gasteiger partial charge in [-0.3, -0.25) is 9.69 Å². The van der Waals surface area contributed by atoms with Crippen molar-refractivity contribution in [2.45, 2.75) is 25.1 Å².